The smallest absolute Gasteiger partial charge is 0.259 e. The van der Waals surface area contributed by atoms with Gasteiger partial charge in [0.05, 0.1) is 11.3 Å². The molecule has 1 aliphatic heterocycles. The quantitative estimate of drug-likeness (QED) is 0.318. The monoisotopic (exact) mass is 491 g/mol. The maximum absolute atomic E-state index is 13.2. The van der Waals surface area contributed by atoms with Crippen molar-refractivity contribution in [2.45, 2.75) is 23.1 Å². The Kier molecular flexibility index (Phi) is 5.38. The zero-order valence-corrected chi connectivity index (χ0v) is 19.1. The van der Waals surface area contributed by atoms with Crippen LogP contribution in [0.15, 0.2) is 85.5 Å². The van der Waals surface area contributed by atoms with Crippen molar-refractivity contribution in [3.63, 3.8) is 0 Å². The van der Waals surface area contributed by atoms with Gasteiger partial charge in [-0.1, -0.05) is 51.9 Å². The van der Waals surface area contributed by atoms with Gasteiger partial charge in [-0.3, -0.25) is 4.79 Å². The van der Waals surface area contributed by atoms with E-state index in [1.807, 2.05) is 71.6 Å². The van der Waals surface area contributed by atoms with Crippen molar-refractivity contribution >= 4 is 39.3 Å². The van der Waals surface area contributed by atoms with Crippen molar-refractivity contribution in [2.75, 3.05) is 11.4 Å². The molecule has 0 saturated carbocycles. The number of amides is 1. The molecule has 0 saturated heterocycles. The summed E-state index contributed by atoms with van der Waals surface area (Å²) in [7, 11) is 0. The van der Waals surface area contributed by atoms with Gasteiger partial charge >= 0.3 is 0 Å². The standard InChI is InChI=1S/C24H18BrN3O2S/c1-2-13-28-19-12-9-16(14-21(19)31-20-6-4-3-5-18(20)24(28)29)22-26-23(30-27-22)15-7-10-17(25)11-8-15/h3-12,14H,2,13H2,1H3. The van der Waals surface area contributed by atoms with Crippen LogP contribution in [0.4, 0.5) is 5.69 Å². The summed E-state index contributed by atoms with van der Waals surface area (Å²) in [5.74, 6) is 1.03. The Bertz CT molecular complexity index is 1270. The Hall–Kier alpha value is -2.90. The van der Waals surface area contributed by atoms with Gasteiger partial charge in [-0.05, 0) is 61.0 Å². The molecule has 0 bridgehead atoms. The molecule has 154 valence electrons. The SMILES string of the molecule is CCCN1C(=O)c2ccccc2Sc2cc(-c3noc(-c4ccc(Br)cc4)n3)ccc21. The van der Waals surface area contributed by atoms with Crippen LogP contribution in [0.3, 0.4) is 0 Å². The Labute approximate surface area is 192 Å². The molecule has 5 nitrogen and oxygen atoms in total. The van der Waals surface area contributed by atoms with Crippen LogP contribution in [0.1, 0.15) is 23.7 Å². The number of hydrogen-bond donors (Lipinski definition) is 0. The van der Waals surface area contributed by atoms with Crippen molar-refractivity contribution in [1.82, 2.24) is 10.1 Å². The van der Waals surface area contributed by atoms with E-state index < -0.39 is 0 Å². The Morgan fingerprint density at radius 2 is 1.77 bits per heavy atom. The van der Waals surface area contributed by atoms with E-state index in [-0.39, 0.29) is 5.91 Å². The number of fused-ring (bicyclic) bond motifs is 2. The molecule has 0 aliphatic carbocycles. The number of anilines is 1. The lowest BCUT2D eigenvalue weighted by atomic mass is 10.1. The molecule has 0 N–H and O–H groups in total. The molecule has 0 atom stereocenters. The topological polar surface area (TPSA) is 59.2 Å². The molecular formula is C24H18BrN3O2S. The van der Waals surface area contributed by atoms with E-state index in [4.69, 9.17) is 4.52 Å². The Balaban J connectivity index is 1.56. The first-order chi connectivity index (χ1) is 15.1. The summed E-state index contributed by atoms with van der Waals surface area (Å²) >= 11 is 5.03. The average Bonchev–Trinajstić information content (AvgIpc) is 3.24. The second-order valence-electron chi connectivity index (χ2n) is 7.17. The lowest BCUT2D eigenvalue weighted by molar-refractivity contribution is 0.0984. The maximum Gasteiger partial charge on any atom is 0.259 e. The highest BCUT2D eigenvalue weighted by Gasteiger charge is 2.27. The predicted molar refractivity (Wildman–Crippen MR) is 125 cm³/mol. The van der Waals surface area contributed by atoms with E-state index >= 15 is 0 Å². The summed E-state index contributed by atoms with van der Waals surface area (Å²) in [5.41, 5.74) is 3.35. The summed E-state index contributed by atoms with van der Waals surface area (Å²) in [4.78, 5) is 21.6. The van der Waals surface area contributed by atoms with Crippen molar-refractivity contribution in [3.8, 4) is 22.8 Å². The Morgan fingerprint density at radius 3 is 2.58 bits per heavy atom. The minimum absolute atomic E-state index is 0.0357. The van der Waals surface area contributed by atoms with Crippen molar-refractivity contribution < 1.29 is 9.32 Å². The van der Waals surface area contributed by atoms with Crippen LogP contribution >= 0.6 is 27.7 Å². The molecule has 4 aromatic rings. The normalized spacial score (nSPS) is 13.0. The van der Waals surface area contributed by atoms with Gasteiger partial charge in [-0.2, -0.15) is 4.98 Å². The number of carbonyl (C=O) groups is 1. The molecule has 3 aromatic carbocycles. The number of carbonyl (C=O) groups excluding carboxylic acids is 1. The van der Waals surface area contributed by atoms with Crippen molar-refractivity contribution in [1.29, 1.82) is 0 Å². The van der Waals surface area contributed by atoms with E-state index in [0.717, 1.165) is 43.1 Å². The van der Waals surface area contributed by atoms with Crippen LogP contribution in [0.5, 0.6) is 0 Å². The number of aromatic nitrogens is 2. The number of nitrogens with zero attached hydrogens (tertiary/aromatic N) is 3. The third-order valence-electron chi connectivity index (χ3n) is 5.06. The molecule has 0 unspecified atom stereocenters. The molecule has 0 radical (unpaired) electrons. The highest BCUT2D eigenvalue weighted by atomic mass is 79.9. The first-order valence-electron chi connectivity index (χ1n) is 9.97. The van der Waals surface area contributed by atoms with Gasteiger partial charge in [-0.25, -0.2) is 0 Å². The lowest BCUT2D eigenvalue weighted by Gasteiger charge is -2.22. The van der Waals surface area contributed by atoms with Crippen LogP contribution in [0.25, 0.3) is 22.8 Å². The average molecular weight is 492 g/mol. The minimum Gasteiger partial charge on any atom is -0.334 e. The molecule has 1 amide bonds. The highest BCUT2D eigenvalue weighted by molar-refractivity contribution is 9.10. The van der Waals surface area contributed by atoms with E-state index in [2.05, 4.69) is 33.0 Å². The van der Waals surface area contributed by atoms with Crippen LogP contribution in [0, 0.1) is 0 Å². The maximum atomic E-state index is 13.2. The first kappa shape index (κ1) is 20.0. The van der Waals surface area contributed by atoms with Gasteiger partial charge in [0.25, 0.3) is 11.8 Å². The third-order valence-corrected chi connectivity index (χ3v) is 6.71. The molecular weight excluding hydrogens is 474 g/mol. The van der Waals surface area contributed by atoms with Gasteiger partial charge in [0.1, 0.15) is 0 Å². The molecule has 7 heteroatoms. The summed E-state index contributed by atoms with van der Waals surface area (Å²) in [6.07, 6.45) is 0.876. The van der Waals surface area contributed by atoms with E-state index in [9.17, 15) is 4.79 Å². The number of hydrogen-bond acceptors (Lipinski definition) is 5. The molecule has 5 rings (SSSR count). The van der Waals surface area contributed by atoms with Crippen LogP contribution in [-0.4, -0.2) is 22.6 Å². The van der Waals surface area contributed by atoms with Crippen LogP contribution < -0.4 is 4.90 Å². The van der Waals surface area contributed by atoms with Gasteiger partial charge in [0.15, 0.2) is 0 Å². The van der Waals surface area contributed by atoms with Gasteiger partial charge in [0, 0.05) is 31.9 Å². The lowest BCUT2D eigenvalue weighted by Crippen LogP contribution is -2.31. The van der Waals surface area contributed by atoms with E-state index in [0.29, 0.717) is 18.3 Å². The molecule has 2 heterocycles. The van der Waals surface area contributed by atoms with Crippen LogP contribution in [0.2, 0.25) is 0 Å². The fourth-order valence-corrected chi connectivity index (χ4v) is 4.94. The van der Waals surface area contributed by atoms with Crippen molar-refractivity contribution in [3.05, 3.63) is 76.8 Å². The van der Waals surface area contributed by atoms with Crippen molar-refractivity contribution in [2.24, 2.45) is 0 Å². The number of halogens is 1. The summed E-state index contributed by atoms with van der Waals surface area (Å²) in [5, 5.41) is 4.18. The zero-order valence-electron chi connectivity index (χ0n) is 16.7. The minimum atomic E-state index is 0.0357. The molecule has 0 fully saturated rings. The largest absolute Gasteiger partial charge is 0.334 e. The predicted octanol–water partition coefficient (Wildman–Crippen LogP) is 6.69. The number of benzene rings is 3. The summed E-state index contributed by atoms with van der Waals surface area (Å²) in [6, 6.07) is 21.5. The molecule has 0 spiro atoms. The fourth-order valence-electron chi connectivity index (χ4n) is 3.56. The highest BCUT2D eigenvalue weighted by Crippen LogP contribution is 2.43. The molecule has 1 aromatic heterocycles. The number of rotatable bonds is 4. The van der Waals surface area contributed by atoms with Gasteiger partial charge < -0.3 is 9.42 Å². The molecule has 31 heavy (non-hydrogen) atoms. The van der Waals surface area contributed by atoms with E-state index in [1.54, 1.807) is 11.8 Å². The van der Waals surface area contributed by atoms with Gasteiger partial charge in [0.2, 0.25) is 5.82 Å². The molecule has 1 aliphatic rings. The second-order valence-corrected chi connectivity index (χ2v) is 9.17. The van der Waals surface area contributed by atoms with Crippen LogP contribution in [-0.2, 0) is 0 Å². The third kappa shape index (κ3) is 3.79. The summed E-state index contributed by atoms with van der Waals surface area (Å²) < 4.78 is 6.49. The van der Waals surface area contributed by atoms with Gasteiger partial charge in [-0.15, -0.1) is 0 Å². The summed E-state index contributed by atoms with van der Waals surface area (Å²) in [6.45, 7) is 2.74. The zero-order chi connectivity index (χ0) is 21.4. The fraction of sp³-hybridized carbons (Fsp3) is 0.125. The first-order valence-corrected chi connectivity index (χ1v) is 11.6. The Morgan fingerprint density at radius 1 is 1.00 bits per heavy atom. The van der Waals surface area contributed by atoms with E-state index in [1.165, 1.54) is 0 Å². The second kappa shape index (κ2) is 8.32.